The van der Waals surface area contributed by atoms with Gasteiger partial charge < -0.3 is 4.90 Å². The van der Waals surface area contributed by atoms with Crippen molar-refractivity contribution >= 4 is 17.0 Å². The molecule has 0 spiro atoms. The van der Waals surface area contributed by atoms with Gasteiger partial charge in [0.1, 0.15) is 5.82 Å². The molecule has 0 bridgehead atoms. The molecule has 0 unspecified atom stereocenters. The monoisotopic (exact) mass is 260 g/mol. The van der Waals surface area contributed by atoms with Crippen molar-refractivity contribution in [2.75, 3.05) is 11.4 Å². The highest BCUT2D eigenvalue weighted by Crippen LogP contribution is 2.22. The fourth-order valence-electron chi connectivity index (χ4n) is 1.80. The molecule has 2 aromatic rings. The smallest absolute Gasteiger partial charge is 0.126 e. The lowest BCUT2D eigenvalue weighted by atomic mass is 10.2. The molecule has 0 aliphatic rings. The maximum Gasteiger partial charge on any atom is 0.126 e. The summed E-state index contributed by atoms with van der Waals surface area (Å²) >= 11 is 1.68. The van der Waals surface area contributed by atoms with Crippen LogP contribution in [0.15, 0.2) is 35.7 Å². The first-order valence-electron chi connectivity index (χ1n) is 5.71. The molecule has 0 saturated carbocycles. The van der Waals surface area contributed by atoms with E-state index in [4.69, 9.17) is 5.26 Å². The third kappa shape index (κ3) is 2.88. The van der Waals surface area contributed by atoms with Gasteiger partial charge in [0, 0.05) is 17.1 Å². The number of rotatable bonds is 4. The summed E-state index contributed by atoms with van der Waals surface area (Å²) in [4.78, 5) is 3.27. The zero-order chi connectivity index (χ0) is 13.0. The minimum atomic E-state index is -0.367. The van der Waals surface area contributed by atoms with Crippen molar-refractivity contribution in [2.24, 2.45) is 0 Å². The van der Waals surface area contributed by atoms with Gasteiger partial charge in [-0.05, 0) is 36.6 Å². The molecular formula is C14H13FN2S. The van der Waals surface area contributed by atoms with Crippen LogP contribution >= 0.6 is 11.3 Å². The number of thiophene rings is 1. The molecule has 92 valence electrons. The van der Waals surface area contributed by atoms with E-state index in [1.165, 1.54) is 17.0 Å². The van der Waals surface area contributed by atoms with Crippen LogP contribution in [0.1, 0.15) is 17.4 Å². The van der Waals surface area contributed by atoms with Gasteiger partial charge in [-0.15, -0.1) is 11.3 Å². The number of benzene rings is 1. The lowest BCUT2D eigenvalue weighted by Gasteiger charge is -2.22. The van der Waals surface area contributed by atoms with Crippen LogP contribution in [-0.4, -0.2) is 6.54 Å². The molecule has 1 heterocycles. The van der Waals surface area contributed by atoms with Crippen LogP contribution in [0.25, 0.3) is 0 Å². The predicted octanol–water partition coefficient (Wildman–Crippen LogP) is 3.79. The molecule has 0 amide bonds. The van der Waals surface area contributed by atoms with E-state index < -0.39 is 0 Å². The van der Waals surface area contributed by atoms with Gasteiger partial charge in [0.25, 0.3) is 0 Å². The average Bonchev–Trinajstić information content (AvgIpc) is 2.88. The van der Waals surface area contributed by atoms with E-state index in [9.17, 15) is 4.39 Å². The molecule has 0 N–H and O–H groups in total. The third-order valence-corrected chi connectivity index (χ3v) is 3.55. The molecule has 0 fully saturated rings. The van der Waals surface area contributed by atoms with Crippen molar-refractivity contribution < 1.29 is 4.39 Å². The molecular weight excluding hydrogens is 247 g/mol. The Morgan fingerprint density at radius 2 is 2.22 bits per heavy atom. The molecule has 2 nitrogen and oxygen atoms in total. The Morgan fingerprint density at radius 3 is 2.83 bits per heavy atom. The first-order valence-corrected chi connectivity index (χ1v) is 6.59. The van der Waals surface area contributed by atoms with Crippen LogP contribution in [0.3, 0.4) is 0 Å². The second-order valence-corrected chi connectivity index (χ2v) is 4.94. The maximum absolute atomic E-state index is 13.4. The summed E-state index contributed by atoms with van der Waals surface area (Å²) in [5, 5.41) is 10.9. The van der Waals surface area contributed by atoms with Crippen molar-refractivity contribution in [3.8, 4) is 6.07 Å². The summed E-state index contributed by atoms with van der Waals surface area (Å²) in [6, 6.07) is 10.5. The third-order valence-electron chi connectivity index (χ3n) is 2.69. The van der Waals surface area contributed by atoms with Crippen LogP contribution in [0.5, 0.6) is 0 Å². The van der Waals surface area contributed by atoms with Gasteiger partial charge in [-0.2, -0.15) is 5.26 Å². The molecule has 1 aromatic carbocycles. The highest BCUT2D eigenvalue weighted by molar-refractivity contribution is 7.09. The van der Waals surface area contributed by atoms with Crippen molar-refractivity contribution in [1.82, 2.24) is 0 Å². The first-order chi connectivity index (χ1) is 8.72. The van der Waals surface area contributed by atoms with Gasteiger partial charge in [-0.3, -0.25) is 0 Å². The summed E-state index contributed by atoms with van der Waals surface area (Å²) < 4.78 is 13.4. The van der Waals surface area contributed by atoms with Gasteiger partial charge in [-0.1, -0.05) is 6.07 Å². The summed E-state index contributed by atoms with van der Waals surface area (Å²) in [6.07, 6.45) is 0. The number of nitrogens with zero attached hydrogens (tertiary/aromatic N) is 2. The van der Waals surface area contributed by atoms with Crippen LogP contribution < -0.4 is 4.90 Å². The van der Waals surface area contributed by atoms with Crippen LogP contribution in [0, 0.1) is 17.1 Å². The van der Waals surface area contributed by atoms with E-state index in [0.29, 0.717) is 5.56 Å². The van der Waals surface area contributed by atoms with Crippen molar-refractivity contribution in [1.29, 1.82) is 5.26 Å². The second-order valence-electron chi connectivity index (χ2n) is 3.90. The van der Waals surface area contributed by atoms with Gasteiger partial charge in [-0.25, -0.2) is 4.39 Å². The summed E-state index contributed by atoms with van der Waals surface area (Å²) in [5.41, 5.74) is 1.11. The normalized spacial score (nSPS) is 10.1. The van der Waals surface area contributed by atoms with Gasteiger partial charge in [0.15, 0.2) is 0 Å². The van der Waals surface area contributed by atoms with Gasteiger partial charge in [0.2, 0.25) is 0 Å². The zero-order valence-electron chi connectivity index (χ0n) is 10.1. The molecule has 1 aromatic heterocycles. The van der Waals surface area contributed by atoms with Crippen LogP contribution in [0.2, 0.25) is 0 Å². The molecule has 0 aliphatic carbocycles. The molecule has 0 radical (unpaired) electrons. The molecule has 0 saturated heterocycles. The van der Waals surface area contributed by atoms with Crippen molar-refractivity contribution in [2.45, 2.75) is 13.5 Å². The summed E-state index contributed by atoms with van der Waals surface area (Å²) in [5.74, 6) is -0.367. The van der Waals surface area contributed by atoms with Gasteiger partial charge >= 0.3 is 0 Å². The molecule has 0 atom stereocenters. The van der Waals surface area contributed by atoms with Gasteiger partial charge in [0.05, 0.1) is 18.2 Å². The first kappa shape index (κ1) is 12.6. The molecule has 4 heteroatoms. The minimum Gasteiger partial charge on any atom is -0.367 e. The standard InChI is InChI=1S/C14H13FN2S/c1-2-17(10-14-4-3-5-18-14)13-7-11(9-16)6-12(15)8-13/h3-8H,2,10H2,1H3. The van der Waals surface area contributed by atoms with Crippen molar-refractivity contribution in [3.05, 3.63) is 52.0 Å². The number of halogens is 1. The van der Waals surface area contributed by atoms with E-state index in [-0.39, 0.29) is 5.82 Å². The summed E-state index contributed by atoms with van der Waals surface area (Å²) in [7, 11) is 0. The average molecular weight is 260 g/mol. The van der Waals surface area contributed by atoms with E-state index in [1.807, 2.05) is 24.4 Å². The highest BCUT2D eigenvalue weighted by atomic mass is 32.1. The quantitative estimate of drug-likeness (QED) is 0.836. The van der Waals surface area contributed by atoms with Crippen LogP contribution in [0.4, 0.5) is 10.1 Å². The Labute approximate surface area is 110 Å². The summed E-state index contributed by atoms with van der Waals surface area (Å²) in [6.45, 7) is 3.53. The Hall–Kier alpha value is -1.86. The lowest BCUT2D eigenvalue weighted by Crippen LogP contribution is -2.21. The largest absolute Gasteiger partial charge is 0.367 e. The SMILES string of the molecule is CCN(Cc1cccs1)c1cc(F)cc(C#N)c1. The van der Waals surface area contributed by atoms with E-state index in [2.05, 4.69) is 11.0 Å². The Morgan fingerprint density at radius 1 is 1.39 bits per heavy atom. The van der Waals surface area contributed by atoms with Crippen LogP contribution in [-0.2, 0) is 6.54 Å². The Bertz CT molecular complexity index is 558. The predicted molar refractivity (Wildman–Crippen MR) is 72.2 cm³/mol. The number of nitriles is 1. The minimum absolute atomic E-state index is 0.356. The maximum atomic E-state index is 13.4. The zero-order valence-corrected chi connectivity index (χ0v) is 10.9. The molecule has 2 rings (SSSR count). The fourth-order valence-corrected chi connectivity index (χ4v) is 2.52. The van der Waals surface area contributed by atoms with Crippen molar-refractivity contribution in [3.63, 3.8) is 0 Å². The fraction of sp³-hybridized carbons (Fsp3) is 0.214. The van der Waals surface area contributed by atoms with E-state index in [1.54, 1.807) is 17.4 Å². The Balaban J connectivity index is 2.27. The molecule has 0 aliphatic heterocycles. The number of anilines is 1. The number of hydrogen-bond acceptors (Lipinski definition) is 3. The lowest BCUT2D eigenvalue weighted by molar-refractivity contribution is 0.626. The highest BCUT2D eigenvalue weighted by Gasteiger charge is 2.09. The topological polar surface area (TPSA) is 27.0 Å². The van der Waals surface area contributed by atoms with E-state index in [0.717, 1.165) is 18.8 Å². The Kier molecular flexibility index (Phi) is 3.96. The molecule has 18 heavy (non-hydrogen) atoms. The van der Waals surface area contributed by atoms with E-state index >= 15 is 0 Å². The second kappa shape index (κ2) is 5.65. The number of hydrogen-bond donors (Lipinski definition) is 0.